The van der Waals surface area contributed by atoms with Gasteiger partial charge in [0.2, 0.25) is 0 Å². The van der Waals surface area contributed by atoms with Crippen molar-refractivity contribution in [3.05, 3.63) is 59.2 Å². The van der Waals surface area contributed by atoms with E-state index in [9.17, 15) is 19.5 Å². The van der Waals surface area contributed by atoms with Crippen molar-refractivity contribution in [1.29, 1.82) is 0 Å². The second kappa shape index (κ2) is 7.61. The maximum atomic E-state index is 12.1. The van der Waals surface area contributed by atoms with Crippen LogP contribution in [0.1, 0.15) is 40.1 Å². The van der Waals surface area contributed by atoms with E-state index in [-0.39, 0.29) is 17.1 Å². The fourth-order valence-corrected chi connectivity index (χ4v) is 2.05. The Kier molecular flexibility index (Phi) is 5.54. The molecule has 1 amide bonds. The predicted octanol–water partition coefficient (Wildman–Crippen LogP) is 3.09. The van der Waals surface area contributed by atoms with Gasteiger partial charge in [0.15, 0.2) is 11.9 Å². The molecule has 0 unspecified atom stereocenters. The van der Waals surface area contributed by atoms with Gasteiger partial charge in [0.25, 0.3) is 5.91 Å². The van der Waals surface area contributed by atoms with E-state index < -0.39 is 18.0 Å². The Bertz CT molecular complexity index is 811. The molecule has 0 aliphatic carbocycles. The summed E-state index contributed by atoms with van der Waals surface area (Å²) in [6, 6.07) is 10.8. The fraction of sp³-hybridized carbons (Fsp3) is 0.211. The Balaban J connectivity index is 1.98. The fourth-order valence-electron chi connectivity index (χ4n) is 2.05. The van der Waals surface area contributed by atoms with Gasteiger partial charge in [-0.15, -0.1) is 0 Å². The Labute approximate surface area is 145 Å². The Hall–Kier alpha value is -3.15. The minimum Gasteiger partial charge on any atom is -0.508 e. The molecule has 0 saturated heterocycles. The van der Waals surface area contributed by atoms with Crippen molar-refractivity contribution in [1.82, 2.24) is 0 Å². The third-order valence-electron chi connectivity index (χ3n) is 3.66. The third-order valence-corrected chi connectivity index (χ3v) is 3.66. The monoisotopic (exact) mass is 341 g/mol. The summed E-state index contributed by atoms with van der Waals surface area (Å²) in [7, 11) is 0. The van der Waals surface area contributed by atoms with Crippen LogP contribution in [0, 0.1) is 6.92 Å². The van der Waals surface area contributed by atoms with Gasteiger partial charge in [0.1, 0.15) is 5.75 Å². The van der Waals surface area contributed by atoms with E-state index >= 15 is 0 Å². The molecule has 0 saturated carbocycles. The van der Waals surface area contributed by atoms with Crippen LogP contribution < -0.4 is 5.32 Å². The van der Waals surface area contributed by atoms with Gasteiger partial charge in [0.05, 0.1) is 5.56 Å². The summed E-state index contributed by atoms with van der Waals surface area (Å²) in [5, 5.41) is 12.2. The van der Waals surface area contributed by atoms with Crippen molar-refractivity contribution in [3.63, 3.8) is 0 Å². The van der Waals surface area contributed by atoms with E-state index in [0.29, 0.717) is 16.8 Å². The average molecular weight is 341 g/mol. The number of Topliss-reactive ketones (excluding diaryl/α,β-unsaturated/α-hetero) is 1. The average Bonchev–Trinajstić information content (AvgIpc) is 2.57. The predicted molar refractivity (Wildman–Crippen MR) is 92.8 cm³/mol. The lowest BCUT2D eigenvalue weighted by Gasteiger charge is -2.14. The van der Waals surface area contributed by atoms with E-state index in [1.165, 1.54) is 26.0 Å². The number of esters is 1. The standard InChI is InChI=1S/C19H19NO5/c1-11-4-5-15(10-17(11)22)19(24)25-13(3)18(23)20-16-8-6-14(7-9-16)12(2)21/h4-10,13,22H,1-3H3,(H,20,23)/t13-/m0/s1. The molecular formula is C19H19NO5. The molecule has 0 fully saturated rings. The molecule has 2 aromatic rings. The number of benzene rings is 2. The summed E-state index contributed by atoms with van der Waals surface area (Å²) in [5.41, 5.74) is 1.83. The van der Waals surface area contributed by atoms with Gasteiger partial charge in [-0.1, -0.05) is 6.07 Å². The number of hydrogen-bond acceptors (Lipinski definition) is 5. The molecule has 25 heavy (non-hydrogen) atoms. The number of ketones is 1. The van der Waals surface area contributed by atoms with E-state index in [0.717, 1.165) is 0 Å². The second-order valence-corrected chi connectivity index (χ2v) is 5.67. The van der Waals surface area contributed by atoms with Crippen LogP contribution in [0.15, 0.2) is 42.5 Å². The van der Waals surface area contributed by atoms with E-state index in [2.05, 4.69) is 5.32 Å². The molecule has 0 spiro atoms. The van der Waals surface area contributed by atoms with Crippen LogP contribution in [0.25, 0.3) is 0 Å². The molecule has 0 aliphatic rings. The quantitative estimate of drug-likeness (QED) is 0.644. The first-order chi connectivity index (χ1) is 11.8. The van der Waals surface area contributed by atoms with Gasteiger partial charge in [-0.05, 0) is 62.7 Å². The van der Waals surface area contributed by atoms with Crippen LogP contribution in [0.2, 0.25) is 0 Å². The van der Waals surface area contributed by atoms with Crippen LogP contribution >= 0.6 is 0 Å². The first-order valence-corrected chi connectivity index (χ1v) is 7.70. The number of anilines is 1. The first-order valence-electron chi connectivity index (χ1n) is 7.70. The summed E-state index contributed by atoms with van der Waals surface area (Å²) < 4.78 is 5.11. The molecule has 2 rings (SSSR count). The van der Waals surface area contributed by atoms with Gasteiger partial charge in [-0.25, -0.2) is 4.79 Å². The number of aryl methyl sites for hydroxylation is 1. The number of rotatable bonds is 5. The SMILES string of the molecule is CC(=O)c1ccc(NC(=O)[C@H](C)OC(=O)c2ccc(C)c(O)c2)cc1. The van der Waals surface area contributed by atoms with Crippen molar-refractivity contribution in [2.45, 2.75) is 26.9 Å². The Morgan fingerprint density at radius 2 is 1.64 bits per heavy atom. The zero-order valence-electron chi connectivity index (χ0n) is 14.2. The number of aromatic hydroxyl groups is 1. The molecular weight excluding hydrogens is 322 g/mol. The highest BCUT2D eigenvalue weighted by atomic mass is 16.5. The molecule has 0 heterocycles. The van der Waals surface area contributed by atoms with Crippen LogP contribution in [-0.2, 0) is 9.53 Å². The summed E-state index contributed by atoms with van der Waals surface area (Å²) in [6.07, 6.45) is -1.02. The molecule has 2 aromatic carbocycles. The van der Waals surface area contributed by atoms with Crippen LogP contribution in [-0.4, -0.2) is 28.9 Å². The molecule has 1 atom stereocenters. The highest BCUT2D eigenvalue weighted by Gasteiger charge is 2.19. The zero-order valence-corrected chi connectivity index (χ0v) is 14.2. The summed E-state index contributed by atoms with van der Waals surface area (Å²) >= 11 is 0. The number of phenolic OH excluding ortho intramolecular Hbond substituents is 1. The van der Waals surface area contributed by atoms with Gasteiger partial charge >= 0.3 is 5.97 Å². The van der Waals surface area contributed by atoms with E-state index in [4.69, 9.17) is 4.74 Å². The van der Waals surface area contributed by atoms with E-state index in [1.54, 1.807) is 37.3 Å². The number of nitrogens with one attached hydrogen (secondary N) is 1. The second-order valence-electron chi connectivity index (χ2n) is 5.67. The number of carbonyl (C=O) groups excluding carboxylic acids is 3. The summed E-state index contributed by atoms with van der Waals surface area (Å²) in [4.78, 5) is 35.4. The van der Waals surface area contributed by atoms with Crippen molar-refractivity contribution in [3.8, 4) is 5.75 Å². The number of carbonyl (C=O) groups is 3. The summed E-state index contributed by atoms with van der Waals surface area (Å²) in [5.74, 6) is -1.29. The topological polar surface area (TPSA) is 92.7 Å². The molecule has 0 radical (unpaired) electrons. The molecule has 0 aromatic heterocycles. The molecule has 6 nitrogen and oxygen atoms in total. The van der Waals surface area contributed by atoms with Crippen molar-refractivity contribution < 1.29 is 24.2 Å². The molecule has 2 N–H and O–H groups in total. The van der Waals surface area contributed by atoms with E-state index in [1.807, 2.05) is 0 Å². The molecule has 130 valence electrons. The Morgan fingerprint density at radius 1 is 1.04 bits per heavy atom. The lowest BCUT2D eigenvalue weighted by atomic mass is 10.1. The maximum absolute atomic E-state index is 12.1. The molecule has 0 bridgehead atoms. The van der Waals surface area contributed by atoms with Crippen molar-refractivity contribution >= 4 is 23.3 Å². The zero-order chi connectivity index (χ0) is 18.6. The maximum Gasteiger partial charge on any atom is 0.339 e. The minimum atomic E-state index is -1.02. The minimum absolute atomic E-state index is 0.0166. The van der Waals surface area contributed by atoms with Gasteiger partial charge < -0.3 is 15.2 Å². The van der Waals surface area contributed by atoms with Gasteiger partial charge in [0, 0.05) is 11.3 Å². The third kappa shape index (κ3) is 4.67. The van der Waals surface area contributed by atoms with Gasteiger partial charge in [-0.3, -0.25) is 9.59 Å². The smallest absolute Gasteiger partial charge is 0.339 e. The van der Waals surface area contributed by atoms with Gasteiger partial charge in [-0.2, -0.15) is 0 Å². The highest BCUT2D eigenvalue weighted by Crippen LogP contribution is 2.18. The number of phenols is 1. The van der Waals surface area contributed by atoms with Crippen molar-refractivity contribution in [2.75, 3.05) is 5.32 Å². The lowest BCUT2D eigenvalue weighted by molar-refractivity contribution is -0.123. The molecule has 0 aliphatic heterocycles. The lowest BCUT2D eigenvalue weighted by Crippen LogP contribution is -2.30. The Morgan fingerprint density at radius 3 is 2.20 bits per heavy atom. The van der Waals surface area contributed by atoms with Crippen LogP contribution in [0.3, 0.4) is 0 Å². The summed E-state index contributed by atoms with van der Waals surface area (Å²) in [6.45, 7) is 4.61. The molecule has 6 heteroatoms. The first kappa shape index (κ1) is 18.2. The normalized spacial score (nSPS) is 11.5. The van der Waals surface area contributed by atoms with Crippen LogP contribution in [0.4, 0.5) is 5.69 Å². The number of ether oxygens (including phenoxy) is 1. The number of amides is 1. The largest absolute Gasteiger partial charge is 0.508 e. The van der Waals surface area contributed by atoms with Crippen molar-refractivity contribution in [2.24, 2.45) is 0 Å². The van der Waals surface area contributed by atoms with Crippen LogP contribution in [0.5, 0.6) is 5.75 Å². The highest BCUT2D eigenvalue weighted by molar-refractivity contribution is 5.98. The number of hydrogen-bond donors (Lipinski definition) is 2.